The minimum Gasteiger partial charge on any atom is -0.497 e. The molecule has 94 valence electrons. The highest BCUT2D eigenvalue weighted by atomic mass is 16.5. The van der Waals surface area contributed by atoms with Crippen LogP contribution in [0.25, 0.3) is 0 Å². The summed E-state index contributed by atoms with van der Waals surface area (Å²) in [6, 6.07) is 14.2. The molecule has 0 fully saturated rings. The number of hydrogen-bond donors (Lipinski definition) is 1. The predicted octanol–water partition coefficient (Wildman–Crippen LogP) is 2.71. The van der Waals surface area contributed by atoms with Gasteiger partial charge in [-0.05, 0) is 43.8 Å². The molecule has 3 heteroatoms. The summed E-state index contributed by atoms with van der Waals surface area (Å²) < 4.78 is 5.17. The average molecular weight is 242 g/mol. The van der Waals surface area contributed by atoms with Gasteiger partial charge in [-0.25, -0.2) is 0 Å². The Kier molecular flexibility index (Phi) is 3.95. The highest BCUT2D eigenvalue weighted by molar-refractivity contribution is 5.33. The first kappa shape index (κ1) is 12.6. The molecule has 0 aliphatic rings. The van der Waals surface area contributed by atoms with Crippen molar-refractivity contribution in [1.82, 2.24) is 10.3 Å². The smallest absolute Gasteiger partial charge is 0.118 e. The van der Waals surface area contributed by atoms with Gasteiger partial charge in [0, 0.05) is 5.69 Å². The van der Waals surface area contributed by atoms with Crippen molar-refractivity contribution >= 4 is 0 Å². The van der Waals surface area contributed by atoms with Crippen LogP contribution in [0.5, 0.6) is 5.75 Å². The molecule has 0 aliphatic heterocycles. The van der Waals surface area contributed by atoms with Crippen molar-refractivity contribution in [2.75, 3.05) is 14.2 Å². The molecule has 0 saturated heterocycles. The number of nitrogens with one attached hydrogen (secondary N) is 1. The summed E-state index contributed by atoms with van der Waals surface area (Å²) in [4.78, 5) is 4.57. The minimum absolute atomic E-state index is 0.107. The van der Waals surface area contributed by atoms with E-state index in [2.05, 4.69) is 22.4 Å². The van der Waals surface area contributed by atoms with Gasteiger partial charge in [0.15, 0.2) is 0 Å². The zero-order valence-electron chi connectivity index (χ0n) is 11.0. The molecule has 0 amide bonds. The minimum atomic E-state index is 0.107. The number of rotatable bonds is 4. The van der Waals surface area contributed by atoms with E-state index in [-0.39, 0.29) is 6.04 Å². The first-order valence-electron chi connectivity index (χ1n) is 5.99. The lowest BCUT2D eigenvalue weighted by molar-refractivity contribution is 0.414. The van der Waals surface area contributed by atoms with Crippen LogP contribution in [-0.4, -0.2) is 19.1 Å². The lowest BCUT2D eigenvalue weighted by atomic mass is 10.0. The zero-order chi connectivity index (χ0) is 13.0. The molecule has 3 nitrogen and oxygen atoms in total. The van der Waals surface area contributed by atoms with E-state index in [1.165, 1.54) is 5.56 Å². The third-order valence-electron chi connectivity index (χ3n) is 2.94. The highest BCUT2D eigenvalue weighted by Gasteiger charge is 2.13. The molecule has 1 atom stereocenters. The van der Waals surface area contributed by atoms with Crippen molar-refractivity contribution in [1.29, 1.82) is 0 Å². The summed E-state index contributed by atoms with van der Waals surface area (Å²) in [6.45, 7) is 2.00. The molecule has 1 heterocycles. The molecule has 0 spiro atoms. The van der Waals surface area contributed by atoms with Gasteiger partial charge in [0.05, 0.1) is 18.8 Å². The predicted molar refractivity (Wildman–Crippen MR) is 72.9 cm³/mol. The first-order valence-corrected chi connectivity index (χ1v) is 5.99. The van der Waals surface area contributed by atoms with E-state index >= 15 is 0 Å². The monoisotopic (exact) mass is 242 g/mol. The Hall–Kier alpha value is -1.87. The number of aryl methyl sites for hydroxylation is 1. The van der Waals surface area contributed by atoms with E-state index < -0.39 is 0 Å². The van der Waals surface area contributed by atoms with E-state index in [1.807, 2.05) is 44.3 Å². The lowest BCUT2D eigenvalue weighted by Gasteiger charge is -2.17. The van der Waals surface area contributed by atoms with Crippen LogP contribution in [0.4, 0.5) is 0 Å². The van der Waals surface area contributed by atoms with Gasteiger partial charge >= 0.3 is 0 Å². The van der Waals surface area contributed by atoms with E-state index in [4.69, 9.17) is 4.74 Å². The number of benzene rings is 1. The van der Waals surface area contributed by atoms with Crippen LogP contribution in [0.15, 0.2) is 42.5 Å². The number of aromatic nitrogens is 1. The SMILES string of the molecule is CNC(c1ccc(OC)cc1)c1cccc(C)n1. The third-order valence-corrected chi connectivity index (χ3v) is 2.94. The topological polar surface area (TPSA) is 34.1 Å². The standard InChI is InChI=1S/C15H18N2O/c1-11-5-4-6-14(17-11)15(16-2)12-7-9-13(18-3)10-8-12/h4-10,15-16H,1-3H3. The van der Waals surface area contributed by atoms with Gasteiger partial charge < -0.3 is 10.1 Å². The third kappa shape index (κ3) is 2.68. The lowest BCUT2D eigenvalue weighted by Crippen LogP contribution is -2.19. The average Bonchev–Trinajstić information content (AvgIpc) is 2.40. The Morgan fingerprint density at radius 1 is 1.11 bits per heavy atom. The van der Waals surface area contributed by atoms with Gasteiger partial charge in [-0.15, -0.1) is 0 Å². The maximum absolute atomic E-state index is 5.17. The Morgan fingerprint density at radius 2 is 1.83 bits per heavy atom. The molecule has 0 bridgehead atoms. The van der Waals surface area contributed by atoms with E-state index in [0.717, 1.165) is 17.1 Å². The molecule has 1 aromatic carbocycles. The second kappa shape index (κ2) is 5.65. The van der Waals surface area contributed by atoms with Gasteiger partial charge in [-0.1, -0.05) is 18.2 Å². The van der Waals surface area contributed by atoms with Crippen molar-refractivity contribution in [3.63, 3.8) is 0 Å². The normalized spacial score (nSPS) is 12.2. The van der Waals surface area contributed by atoms with Crippen LogP contribution in [0, 0.1) is 6.92 Å². The van der Waals surface area contributed by atoms with Crippen molar-refractivity contribution in [2.45, 2.75) is 13.0 Å². The van der Waals surface area contributed by atoms with Crippen molar-refractivity contribution in [2.24, 2.45) is 0 Å². The van der Waals surface area contributed by atoms with Crippen molar-refractivity contribution < 1.29 is 4.74 Å². The first-order chi connectivity index (χ1) is 8.74. The number of nitrogens with zero attached hydrogens (tertiary/aromatic N) is 1. The summed E-state index contributed by atoms with van der Waals surface area (Å²) in [7, 11) is 3.62. The molecular formula is C15H18N2O. The van der Waals surface area contributed by atoms with Gasteiger partial charge in [0.1, 0.15) is 5.75 Å². The van der Waals surface area contributed by atoms with E-state index in [0.29, 0.717) is 0 Å². The summed E-state index contributed by atoms with van der Waals surface area (Å²) >= 11 is 0. The van der Waals surface area contributed by atoms with Crippen LogP contribution in [-0.2, 0) is 0 Å². The molecule has 1 aromatic heterocycles. The maximum Gasteiger partial charge on any atom is 0.118 e. The number of pyridine rings is 1. The van der Waals surface area contributed by atoms with Crippen molar-refractivity contribution in [3.8, 4) is 5.75 Å². The molecular weight excluding hydrogens is 224 g/mol. The van der Waals surface area contributed by atoms with Crippen LogP contribution in [0.1, 0.15) is 23.0 Å². The fraction of sp³-hybridized carbons (Fsp3) is 0.267. The summed E-state index contributed by atoms with van der Waals surface area (Å²) in [5.74, 6) is 0.866. The second-order valence-corrected chi connectivity index (χ2v) is 4.20. The van der Waals surface area contributed by atoms with Crippen LogP contribution < -0.4 is 10.1 Å². The van der Waals surface area contributed by atoms with Crippen LogP contribution in [0.2, 0.25) is 0 Å². The molecule has 1 N–H and O–H groups in total. The van der Waals surface area contributed by atoms with E-state index in [9.17, 15) is 0 Å². The number of methoxy groups -OCH3 is 1. The molecule has 0 radical (unpaired) electrons. The zero-order valence-corrected chi connectivity index (χ0v) is 11.0. The Balaban J connectivity index is 2.32. The van der Waals surface area contributed by atoms with Gasteiger partial charge in [0.2, 0.25) is 0 Å². The van der Waals surface area contributed by atoms with Gasteiger partial charge in [0.25, 0.3) is 0 Å². The fourth-order valence-corrected chi connectivity index (χ4v) is 2.01. The molecule has 18 heavy (non-hydrogen) atoms. The van der Waals surface area contributed by atoms with Crippen LogP contribution >= 0.6 is 0 Å². The summed E-state index contributed by atoms with van der Waals surface area (Å²) in [5.41, 5.74) is 3.24. The molecule has 2 rings (SSSR count). The summed E-state index contributed by atoms with van der Waals surface area (Å²) in [6.07, 6.45) is 0. The van der Waals surface area contributed by atoms with E-state index in [1.54, 1.807) is 7.11 Å². The molecule has 0 saturated carbocycles. The molecule has 0 aliphatic carbocycles. The Morgan fingerprint density at radius 3 is 2.39 bits per heavy atom. The molecule has 1 unspecified atom stereocenters. The van der Waals surface area contributed by atoms with Crippen LogP contribution in [0.3, 0.4) is 0 Å². The van der Waals surface area contributed by atoms with Gasteiger partial charge in [-0.2, -0.15) is 0 Å². The Labute approximate surface area is 108 Å². The molecule has 2 aromatic rings. The maximum atomic E-state index is 5.17. The number of ether oxygens (including phenoxy) is 1. The van der Waals surface area contributed by atoms with Gasteiger partial charge in [-0.3, -0.25) is 4.98 Å². The van der Waals surface area contributed by atoms with Crippen molar-refractivity contribution in [3.05, 3.63) is 59.4 Å². The summed E-state index contributed by atoms with van der Waals surface area (Å²) in [5, 5.41) is 3.30. The Bertz CT molecular complexity index is 508. The fourth-order valence-electron chi connectivity index (χ4n) is 2.01. The number of hydrogen-bond acceptors (Lipinski definition) is 3. The quantitative estimate of drug-likeness (QED) is 0.895. The second-order valence-electron chi connectivity index (χ2n) is 4.20. The highest BCUT2D eigenvalue weighted by Crippen LogP contribution is 2.22. The largest absolute Gasteiger partial charge is 0.497 e.